The first-order valence-corrected chi connectivity index (χ1v) is 25.0. The number of carbonyl (C=O) groups is 5. The van der Waals surface area contributed by atoms with Gasteiger partial charge in [0.1, 0.15) is 53.3 Å². The smallest absolute Gasteiger partial charge is 0.442 e. The number of halogens is 2. The number of amides is 5. The van der Waals surface area contributed by atoms with Gasteiger partial charge in [0.2, 0.25) is 17.7 Å². The van der Waals surface area contributed by atoms with Crippen LogP contribution in [0.2, 0.25) is 0 Å². The van der Waals surface area contributed by atoms with Crippen molar-refractivity contribution in [3.05, 3.63) is 95.8 Å². The molecule has 20 nitrogen and oxygen atoms in total. The third-order valence-corrected chi connectivity index (χ3v) is 11.2. The highest BCUT2D eigenvalue weighted by Gasteiger charge is 2.27. The highest BCUT2D eigenvalue weighted by atomic mass is 32.2. The zero-order valence-electron chi connectivity index (χ0n) is 41.6. The van der Waals surface area contributed by atoms with Gasteiger partial charge in [0.25, 0.3) is 0 Å². The van der Waals surface area contributed by atoms with E-state index in [2.05, 4.69) is 40.9 Å². The molecule has 392 valence electrons. The second kappa shape index (κ2) is 28.3. The maximum absolute atomic E-state index is 14.8. The summed E-state index contributed by atoms with van der Waals surface area (Å²) >= 11 is 0. The minimum Gasteiger partial charge on any atom is -0.496 e. The monoisotopic (exact) mass is 1030 g/mol. The Kier molecular flexibility index (Phi) is 22.7. The Labute approximate surface area is 418 Å². The first kappa shape index (κ1) is 57.8. The average Bonchev–Trinajstić information content (AvgIpc) is 3.30. The Bertz CT molecular complexity index is 2590. The van der Waals surface area contributed by atoms with Crippen LogP contribution in [-0.2, 0) is 60.2 Å². The van der Waals surface area contributed by atoms with E-state index in [4.69, 9.17) is 28.4 Å². The van der Waals surface area contributed by atoms with E-state index in [1.807, 2.05) is 0 Å². The maximum Gasteiger partial charge on any atom is 0.442 e. The lowest BCUT2D eigenvalue weighted by atomic mass is 10.0. The largest absolute Gasteiger partial charge is 0.496 e. The molecule has 0 aliphatic carbocycles. The molecule has 4 rings (SSSR count). The summed E-state index contributed by atoms with van der Waals surface area (Å²) in [7, 11) is -1.79. The molecule has 0 aliphatic rings. The number of rotatable bonds is 26. The standard InChI is InChI=1S/C49H64F2N8O12S/c1-31(2)44(58-43(60)16-19-67-21-23-69-24-22-68-20-18-53-47(63)71-49(4,5)6)46(62)55-32(3)45(61)56-36-12-9-33(10-13-36)29-70-48(64)59-72(8,65)30-34-15-17-52-41(25-34)57-42-27-38(39(51)28-54-42)37-14-11-35(50)26-40(37)66-7/h9-15,17,25-28,31-32,44H,16,18-24,29-30H2,1-8H3,(H,53,63)(H,55,62)(H,56,61)(H,58,60)(H,52,54,57)/t32-,44-,72-/m0/s1. The molecule has 0 unspecified atom stereocenters. The molecule has 0 spiro atoms. The van der Waals surface area contributed by atoms with E-state index in [-0.39, 0.29) is 67.5 Å². The molecule has 0 saturated carbocycles. The Balaban J connectivity index is 1.15. The van der Waals surface area contributed by atoms with Gasteiger partial charge >= 0.3 is 12.2 Å². The third-order valence-electron chi connectivity index (χ3n) is 9.83. The van der Waals surface area contributed by atoms with Crippen molar-refractivity contribution in [3.63, 3.8) is 0 Å². The summed E-state index contributed by atoms with van der Waals surface area (Å²) in [6, 6.07) is 12.8. The van der Waals surface area contributed by atoms with E-state index >= 15 is 0 Å². The number of nitrogens with one attached hydrogen (secondary N) is 5. The molecule has 5 N–H and O–H groups in total. The normalized spacial score (nSPS) is 12.9. The topological polar surface area (TPSA) is 256 Å². The van der Waals surface area contributed by atoms with Gasteiger partial charge in [-0.3, -0.25) is 14.4 Å². The molecule has 5 amide bonds. The summed E-state index contributed by atoms with van der Waals surface area (Å²) in [5, 5.41) is 13.6. The van der Waals surface area contributed by atoms with Crippen molar-refractivity contribution in [2.24, 2.45) is 10.3 Å². The van der Waals surface area contributed by atoms with Crippen molar-refractivity contribution < 1.29 is 65.4 Å². The van der Waals surface area contributed by atoms with Crippen LogP contribution in [0, 0.1) is 17.6 Å². The van der Waals surface area contributed by atoms with Crippen LogP contribution in [0.3, 0.4) is 0 Å². The van der Waals surface area contributed by atoms with Crippen LogP contribution in [0.5, 0.6) is 5.75 Å². The van der Waals surface area contributed by atoms with Gasteiger partial charge in [0, 0.05) is 48.3 Å². The number of nitrogens with zero attached hydrogens (tertiary/aromatic N) is 3. The molecule has 2 aromatic carbocycles. The van der Waals surface area contributed by atoms with Crippen LogP contribution in [-0.4, -0.2) is 121 Å². The minimum absolute atomic E-state index is 0.00286. The first-order chi connectivity index (χ1) is 34.1. The van der Waals surface area contributed by atoms with Gasteiger partial charge in [-0.1, -0.05) is 26.0 Å². The number of alkyl carbamates (subject to hydrolysis) is 1. The van der Waals surface area contributed by atoms with Crippen LogP contribution < -0.4 is 31.3 Å². The molecule has 23 heteroatoms. The number of aromatic nitrogens is 2. The Morgan fingerprint density at radius 2 is 1.44 bits per heavy atom. The van der Waals surface area contributed by atoms with Crippen LogP contribution in [0.25, 0.3) is 11.1 Å². The molecule has 72 heavy (non-hydrogen) atoms. The summed E-state index contributed by atoms with van der Waals surface area (Å²) in [6.45, 7) is 12.0. The first-order valence-electron chi connectivity index (χ1n) is 22.9. The average molecular weight is 1030 g/mol. The fourth-order valence-corrected chi connectivity index (χ4v) is 7.60. The van der Waals surface area contributed by atoms with Crippen molar-refractivity contribution in [1.82, 2.24) is 25.9 Å². The second-order valence-corrected chi connectivity index (χ2v) is 19.9. The Morgan fingerprint density at radius 1 is 0.778 bits per heavy atom. The number of benzene rings is 2. The van der Waals surface area contributed by atoms with Gasteiger partial charge in [-0.25, -0.2) is 32.5 Å². The van der Waals surface area contributed by atoms with E-state index < -0.39 is 69.0 Å². The summed E-state index contributed by atoms with van der Waals surface area (Å²) in [4.78, 5) is 71.4. The molecule has 0 bridgehead atoms. The molecule has 0 radical (unpaired) electrons. The molecular formula is C49H64F2N8O12S. The predicted octanol–water partition coefficient (Wildman–Crippen LogP) is 6.66. The fourth-order valence-electron chi connectivity index (χ4n) is 6.37. The molecule has 2 aromatic heterocycles. The zero-order chi connectivity index (χ0) is 52.8. The number of hydrogen-bond donors (Lipinski definition) is 5. The predicted molar refractivity (Wildman–Crippen MR) is 265 cm³/mol. The van der Waals surface area contributed by atoms with E-state index in [0.29, 0.717) is 48.7 Å². The van der Waals surface area contributed by atoms with Crippen molar-refractivity contribution in [1.29, 1.82) is 0 Å². The van der Waals surface area contributed by atoms with E-state index in [0.717, 1.165) is 12.3 Å². The van der Waals surface area contributed by atoms with Gasteiger partial charge in [0.05, 0.1) is 68.4 Å². The fraction of sp³-hybridized carbons (Fsp3) is 0.449. The molecule has 0 fully saturated rings. The van der Waals surface area contributed by atoms with E-state index in [1.54, 1.807) is 71.0 Å². The maximum atomic E-state index is 14.8. The summed E-state index contributed by atoms with van der Waals surface area (Å²) in [6.07, 6.45) is 2.19. The molecule has 0 saturated heterocycles. The van der Waals surface area contributed by atoms with Crippen molar-refractivity contribution in [3.8, 4) is 16.9 Å². The molecule has 2 heterocycles. The number of ether oxygens (including phenoxy) is 6. The molecule has 0 aliphatic heterocycles. The number of hydrogen-bond acceptors (Lipinski definition) is 15. The number of pyridine rings is 2. The summed E-state index contributed by atoms with van der Waals surface area (Å²) < 4.78 is 77.7. The van der Waals surface area contributed by atoms with E-state index in [9.17, 15) is 37.0 Å². The highest BCUT2D eigenvalue weighted by Crippen LogP contribution is 2.34. The summed E-state index contributed by atoms with van der Waals surface area (Å²) in [5.41, 5.74) is 1.29. The minimum atomic E-state index is -3.14. The quantitative estimate of drug-likeness (QED) is 0.0412. The summed E-state index contributed by atoms with van der Waals surface area (Å²) in [5.74, 6) is -2.48. The van der Waals surface area contributed by atoms with Crippen molar-refractivity contribution >= 4 is 57.0 Å². The number of anilines is 3. The van der Waals surface area contributed by atoms with Gasteiger partial charge in [-0.05, 0) is 87.2 Å². The second-order valence-electron chi connectivity index (χ2n) is 17.5. The third kappa shape index (κ3) is 20.9. The lowest BCUT2D eigenvalue weighted by Gasteiger charge is -2.24. The van der Waals surface area contributed by atoms with Gasteiger partial charge in [0.15, 0.2) is 0 Å². The van der Waals surface area contributed by atoms with Crippen LogP contribution >= 0.6 is 0 Å². The SMILES string of the molecule is COc1cc(F)ccc1-c1cc(Nc2cc(C[S@](C)(=O)=NC(=O)OCc3ccc(NC(=O)[C@H](C)NC(=O)[C@@H](NC(=O)CCOCCOCCOCCNC(=O)OC(C)(C)C)C(C)C)cc3)ccn2)ncc1F. The Morgan fingerprint density at radius 3 is 2.11 bits per heavy atom. The van der Waals surface area contributed by atoms with Crippen LogP contribution in [0.1, 0.15) is 59.1 Å². The lowest BCUT2D eigenvalue weighted by molar-refractivity contribution is -0.132. The van der Waals surface area contributed by atoms with Crippen molar-refractivity contribution in [2.45, 2.75) is 78.0 Å². The molecule has 4 aromatic rings. The number of carbonyl (C=O) groups excluding carboxylic acids is 5. The molecular weight excluding hydrogens is 963 g/mol. The van der Waals surface area contributed by atoms with Crippen LogP contribution in [0.15, 0.2) is 77.4 Å². The lowest BCUT2D eigenvalue weighted by Crippen LogP contribution is -2.53. The number of methoxy groups -OCH3 is 1. The van der Waals surface area contributed by atoms with Gasteiger partial charge < -0.3 is 55.0 Å². The highest BCUT2D eigenvalue weighted by molar-refractivity contribution is 7.92. The van der Waals surface area contributed by atoms with Gasteiger partial charge in [-0.15, -0.1) is 4.36 Å². The molecule has 3 atom stereocenters. The zero-order valence-corrected chi connectivity index (χ0v) is 42.5. The Hall–Kier alpha value is -6.82. The van der Waals surface area contributed by atoms with Crippen LogP contribution in [0.4, 0.5) is 35.7 Å². The van der Waals surface area contributed by atoms with E-state index in [1.165, 1.54) is 44.7 Å². The van der Waals surface area contributed by atoms with Gasteiger partial charge in [-0.2, -0.15) is 0 Å². The van der Waals surface area contributed by atoms with Crippen molar-refractivity contribution in [2.75, 3.05) is 70.2 Å².